The molecule has 7 aromatic rings. The quantitative estimate of drug-likeness (QED) is 0.100. The van der Waals surface area contributed by atoms with Gasteiger partial charge in [-0.25, -0.2) is 13.4 Å². The van der Waals surface area contributed by atoms with Crippen LogP contribution in [0.4, 0.5) is 0 Å². The van der Waals surface area contributed by atoms with E-state index in [0.29, 0.717) is 16.9 Å². The van der Waals surface area contributed by atoms with E-state index in [4.69, 9.17) is 0 Å². The zero-order valence-corrected chi connectivity index (χ0v) is 33.4. The van der Waals surface area contributed by atoms with Crippen molar-refractivity contribution in [2.24, 2.45) is 5.92 Å². The first kappa shape index (κ1) is 39.1. The monoisotopic (exact) mass is 802 g/mol. The fraction of sp³-hybridized carbons (Fsp3) is 0.227. The molecule has 3 heterocycles. The van der Waals surface area contributed by atoms with Crippen LogP contribution < -0.4 is 5.32 Å². The van der Waals surface area contributed by atoms with E-state index >= 15 is 0 Å². The summed E-state index contributed by atoms with van der Waals surface area (Å²) >= 11 is 2.75. The Hall–Kier alpha value is -5.11. The molecule has 12 heteroatoms. The zero-order chi connectivity index (χ0) is 39.2. The summed E-state index contributed by atoms with van der Waals surface area (Å²) < 4.78 is 30.5. The number of nitrogens with zero attached hydrogens (tertiary/aromatic N) is 3. The van der Waals surface area contributed by atoms with E-state index in [1.807, 2.05) is 92.7 Å². The molecule has 3 unspecified atom stereocenters. The van der Waals surface area contributed by atoms with Gasteiger partial charge in [0.2, 0.25) is 10.0 Å². The van der Waals surface area contributed by atoms with Crippen molar-refractivity contribution >= 4 is 65.5 Å². The Labute approximate surface area is 334 Å². The van der Waals surface area contributed by atoms with E-state index in [2.05, 4.69) is 15.3 Å². The maximum absolute atomic E-state index is 14.6. The summed E-state index contributed by atoms with van der Waals surface area (Å²) in [7, 11) is -4.01. The number of carbonyl (C=O) groups excluding carboxylic acids is 2. The van der Waals surface area contributed by atoms with Gasteiger partial charge in [0.25, 0.3) is 5.91 Å². The summed E-state index contributed by atoms with van der Waals surface area (Å²) in [5, 5.41) is 14.7. The smallest absolute Gasteiger partial charge is 0.251 e. The summed E-state index contributed by atoms with van der Waals surface area (Å²) in [5.41, 5.74) is 5.39. The molecular formula is C44H42N4O5S3. The molecular weight excluding hydrogens is 761 g/mol. The average molecular weight is 803 g/mol. The second-order valence-electron chi connectivity index (χ2n) is 14.0. The number of ketones is 1. The average Bonchev–Trinajstić information content (AvgIpc) is 3.90. The number of benzene rings is 4. The molecule has 7 rings (SSSR count). The molecule has 286 valence electrons. The van der Waals surface area contributed by atoms with Gasteiger partial charge in [-0.1, -0.05) is 80.6 Å². The zero-order valence-electron chi connectivity index (χ0n) is 31.0. The lowest BCUT2D eigenvalue weighted by molar-refractivity contribution is -0.121. The van der Waals surface area contributed by atoms with E-state index in [0.717, 1.165) is 37.1 Å². The third-order valence-corrected chi connectivity index (χ3v) is 13.7. The second-order valence-corrected chi connectivity index (χ2v) is 18.0. The van der Waals surface area contributed by atoms with Crippen LogP contribution >= 0.6 is 22.7 Å². The standard InChI is InChI=1S/C44H42N4O5S3/c1-29(2)26-48(56(52,53)33-19-20-37-41(25-33)54-28-46-37)38(27-49)40-22-18-32(55-40)17-21-39(50)43(47-44(51)31-13-7-4-8-14-31)42(30-11-5-3-6-12-30)35-23-24-45-36-16-10-9-15-34(35)36/h3-16,18-20,22-25,28-29,38,42-43,49H,17,21,26-27H2,1-2H3,(H,47,51). The van der Waals surface area contributed by atoms with E-state index in [-0.39, 0.29) is 35.5 Å². The number of sulfonamides is 1. The number of hydrogen-bond donors (Lipinski definition) is 2. The molecule has 0 aliphatic carbocycles. The molecule has 0 radical (unpaired) electrons. The van der Waals surface area contributed by atoms with Gasteiger partial charge in [0, 0.05) is 45.8 Å². The van der Waals surface area contributed by atoms with Crippen LogP contribution in [0.5, 0.6) is 0 Å². The molecule has 56 heavy (non-hydrogen) atoms. The summed E-state index contributed by atoms with van der Waals surface area (Å²) in [6.45, 7) is 3.67. The molecule has 0 aliphatic heterocycles. The van der Waals surface area contributed by atoms with Crippen molar-refractivity contribution in [1.29, 1.82) is 0 Å². The number of thiazole rings is 1. The van der Waals surface area contributed by atoms with Crippen LogP contribution in [0.1, 0.15) is 63.5 Å². The predicted molar refractivity (Wildman–Crippen MR) is 224 cm³/mol. The number of thiophene rings is 1. The lowest BCUT2D eigenvalue weighted by atomic mass is 9.80. The minimum absolute atomic E-state index is 0.0129. The number of nitrogens with one attached hydrogen (secondary N) is 1. The number of Topliss-reactive ketones (excluding diaryl/α,β-unsaturated/α-hetero) is 1. The van der Waals surface area contributed by atoms with E-state index < -0.39 is 34.6 Å². The Morgan fingerprint density at radius 3 is 2.32 bits per heavy atom. The fourth-order valence-electron chi connectivity index (χ4n) is 7.08. The number of aryl methyl sites for hydroxylation is 1. The number of aromatic nitrogens is 2. The fourth-order valence-corrected chi connectivity index (χ4v) is 10.8. The van der Waals surface area contributed by atoms with E-state index in [9.17, 15) is 23.1 Å². The van der Waals surface area contributed by atoms with Gasteiger partial charge in [-0.3, -0.25) is 14.6 Å². The Bertz CT molecular complexity index is 2550. The van der Waals surface area contributed by atoms with Crippen molar-refractivity contribution in [2.75, 3.05) is 13.2 Å². The maximum atomic E-state index is 14.6. The number of aliphatic hydroxyl groups excluding tert-OH is 1. The number of para-hydroxylation sites is 1. The van der Waals surface area contributed by atoms with Crippen LogP contribution in [0, 0.1) is 5.92 Å². The molecule has 0 fully saturated rings. The molecule has 0 aliphatic rings. The normalized spacial score (nSPS) is 13.6. The molecule has 1 amide bonds. The van der Waals surface area contributed by atoms with Gasteiger partial charge in [-0.05, 0) is 78.1 Å². The van der Waals surface area contributed by atoms with Gasteiger partial charge in [-0.2, -0.15) is 4.31 Å². The van der Waals surface area contributed by atoms with Gasteiger partial charge >= 0.3 is 0 Å². The lowest BCUT2D eigenvalue weighted by Gasteiger charge is -2.30. The molecule has 0 bridgehead atoms. The summed E-state index contributed by atoms with van der Waals surface area (Å²) in [6, 6.07) is 35.2. The molecule has 0 spiro atoms. The van der Waals surface area contributed by atoms with Gasteiger partial charge in [-0.15, -0.1) is 22.7 Å². The highest BCUT2D eigenvalue weighted by molar-refractivity contribution is 7.89. The highest BCUT2D eigenvalue weighted by Crippen LogP contribution is 2.36. The summed E-state index contributed by atoms with van der Waals surface area (Å²) in [5.74, 6) is -1.05. The molecule has 3 atom stereocenters. The molecule has 0 saturated heterocycles. The number of pyridine rings is 1. The second kappa shape index (κ2) is 17.4. The van der Waals surface area contributed by atoms with Crippen molar-refractivity contribution in [3.8, 4) is 0 Å². The largest absolute Gasteiger partial charge is 0.394 e. The number of carbonyl (C=O) groups is 2. The van der Waals surface area contributed by atoms with Crippen LogP contribution in [0.2, 0.25) is 0 Å². The van der Waals surface area contributed by atoms with Gasteiger partial charge in [0.05, 0.1) is 44.8 Å². The molecule has 9 nitrogen and oxygen atoms in total. The highest BCUT2D eigenvalue weighted by atomic mass is 32.2. The highest BCUT2D eigenvalue weighted by Gasteiger charge is 2.35. The Kier molecular flexibility index (Phi) is 12.1. The van der Waals surface area contributed by atoms with Crippen LogP contribution in [0.25, 0.3) is 21.1 Å². The van der Waals surface area contributed by atoms with Gasteiger partial charge in [0.15, 0.2) is 5.78 Å². The first-order valence-electron chi connectivity index (χ1n) is 18.5. The number of hydrogen-bond acceptors (Lipinski definition) is 9. The maximum Gasteiger partial charge on any atom is 0.251 e. The van der Waals surface area contributed by atoms with Gasteiger partial charge in [0.1, 0.15) is 0 Å². The number of aliphatic hydroxyl groups is 1. The van der Waals surface area contributed by atoms with Crippen molar-refractivity contribution in [2.45, 2.75) is 49.6 Å². The SMILES string of the molecule is CC(C)CN(C(CO)c1ccc(CCC(=O)C(NC(=O)c2ccccc2)C(c2ccccc2)c2ccnc3ccccc23)s1)S(=O)(=O)c1ccc2ncsc2c1. The van der Waals surface area contributed by atoms with Crippen LogP contribution in [-0.2, 0) is 21.2 Å². The molecule has 3 aromatic heterocycles. The Morgan fingerprint density at radius 2 is 1.57 bits per heavy atom. The van der Waals surface area contributed by atoms with Crippen LogP contribution in [-0.4, -0.2) is 58.7 Å². The predicted octanol–water partition coefficient (Wildman–Crippen LogP) is 8.42. The minimum Gasteiger partial charge on any atom is -0.394 e. The molecule has 0 saturated carbocycles. The number of rotatable bonds is 16. The summed E-state index contributed by atoms with van der Waals surface area (Å²) in [6.07, 6.45) is 2.20. The van der Waals surface area contributed by atoms with Crippen molar-refractivity contribution in [1.82, 2.24) is 19.6 Å². The number of fused-ring (bicyclic) bond motifs is 2. The Morgan fingerprint density at radius 1 is 0.839 bits per heavy atom. The first-order chi connectivity index (χ1) is 27.1. The molecule has 2 N–H and O–H groups in total. The van der Waals surface area contributed by atoms with Crippen molar-refractivity contribution in [3.63, 3.8) is 0 Å². The Balaban J connectivity index is 1.19. The van der Waals surface area contributed by atoms with Gasteiger partial charge < -0.3 is 10.4 Å². The van der Waals surface area contributed by atoms with E-state index in [1.54, 1.807) is 54.2 Å². The topological polar surface area (TPSA) is 130 Å². The molecule has 4 aromatic carbocycles. The first-order valence-corrected chi connectivity index (χ1v) is 21.6. The van der Waals surface area contributed by atoms with Crippen molar-refractivity contribution < 1.29 is 23.1 Å². The van der Waals surface area contributed by atoms with Crippen LogP contribution in [0.15, 0.2) is 138 Å². The minimum atomic E-state index is -4.01. The lowest BCUT2D eigenvalue weighted by Crippen LogP contribution is -2.45. The van der Waals surface area contributed by atoms with Crippen molar-refractivity contribution in [3.05, 3.63) is 159 Å². The summed E-state index contributed by atoms with van der Waals surface area (Å²) in [4.78, 5) is 39.0. The third kappa shape index (κ3) is 8.49. The number of amides is 1. The van der Waals surface area contributed by atoms with E-state index in [1.165, 1.54) is 27.0 Å². The third-order valence-electron chi connectivity index (χ3n) is 9.78. The van der Waals surface area contributed by atoms with Crippen LogP contribution in [0.3, 0.4) is 0 Å².